The second-order valence-corrected chi connectivity index (χ2v) is 2.99. The van der Waals surface area contributed by atoms with Crippen molar-refractivity contribution in [3.8, 4) is 5.75 Å². The average Bonchev–Trinajstić information content (AvgIpc) is 1.86. The Labute approximate surface area is 65.1 Å². The molecule has 0 aromatic carbocycles. The maximum atomic E-state index is 8.86. The van der Waals surface area contributed by atoms with Gasteiger partial charge in [0, 0.05) is 0 Å². The summed E-state index contributed by atoms with van der Waals surface area (Å²) in [4.78, 5) is 7.73. The van der Waals surface area contributed by atoms with Crippen LogP contribution in [0.15, 0.2) is 12.4 Å². The van der Waals surface area contributed by atoms with Crippen LogP contribution in [-0.4, -0.2) is 15.1 Å². The monoisotopic (exact) mass is 153 g/mol. The first-order valence-electron chi connectivity index (χ1n) is 3.30. The molecule has 0 saturated heterocycles. The lowest BCUT2D eigenvalue weighted by Gasteiger charge is -2.15. The second kappa shape index (κ2) is 2.47. The molecule has 4 heteroatoms. The molecule has 1 aromatic rings. The predicted octanol–water partition coefficient (Wildman–Crippen LogP) is 0.376. The van der Waals surface area contributed by atoms with E-state index in [9.17, 15) is 0 Å². The van der Waals surface area contributed by atoms with Crippen LogP contribution in [0.25, 0.3) is 0 Å². The Bertz CT molecular complexity index is 237. The van der Waals surface area contributed by atoms with Crippen molar-refractivity contribution in [3.63, 3.8) is 0 Å². The van der Waals surface area contributed by atoms with E-state index in [1.54, 1.807) is 13.8 Å². The van der Waals surface area contributed by atoms with Gasteiger partial charge in [-0.1, -0.05) is 0 Å². The Hall–Kier alpha value is -1.16. The number of hydrogen-bond acceptors (Lipinski definition) is 4. The molecule has 3 N–H and O–H groups in total. The standard InChI is InChI=1S/C7H11N3O/c1-7(2,8)6-9-3-5(11)4-10-6/h3-4,11H,8H2,1-2H3. The third kappa shape index (κ3) is 1.88. The van der Waals surface area contributed by atoms with E-state index in [1.807, 2.05) is 0 Å². The Balaban J connectivity index is 2.99. The van der Waals surface area contributed by atoms with E-state index < -0.39 is 5.54 Å². The van der Waals surface area contributed by atoms with Gasteiger partial charge in [-0.25, -0.2) is 9.97 Å². The minimum atomic E-state index is -0.548. The lowest BCUT2D eigenvalue weighted by molar-refractivity contribution is 0.458. The third-order valence-corrected chi connectivity index (χ3v) is 1.21. The van der Waals surface area contributed by atoms with E-state index in [1.165, 1.54) is 12.4 Å². The highest BCUT2D eigenvalue weighted by Crippen LogP contribution is 2.12. The Morgan fingerprint density at radius 3 is 2.18 bits per heavy atom. The van der Waals surface area contributed by atoms with Crippen molar-refractivity contribution in [2.75, 3.05) is 0 Å². The van der Waals surface area contributed by atoms with E-state index >= 15 is 0 Å². The molecule has 1 heterocycles. The summed E-state index contributed by atoms with van der Waals surface area (Å²) in [6.45, 7) is 3.61. The smallest absolute Gasteiger partial charge is 0.152 e. The van der Waals surface area contributed by atoms with Crippen molar-refractivity contribution in [3.05, 3.63) is 18.2 Å². The van der Waals surface area contributed by atoms with Crippen LogP contribution in [-0.2, 0) is 5.54 Å². The maximum Gasteiger partial charge on any atom is 0.152 e. The largest absolute Gasteiger partial charge is 0.505 e. The average molecular weight is 153 g/mol. The zero-order valence-corrected chi connectivity index (χ0v) is 6.57. The van der Waals surface area contributed by atoms with Crippen molar-refractivity contribution in [2.24, 2.45) is 5.73 Å². The van der Waals surface area contributed by atoms with Gasteiger partial charge in [-0.3, -0.25) is 0 Å². The van der Waals surface area contributed by atoms with Gasteiger partial charge in [0.05, 0.1) is 17.9 Å². The summed E-state index contributed by atoms with van der Waals surface area (Å²) in [6, 6.07) is 0. The zero-order chi connectivity index (χ0) is 8.48. The summed E-state index contributed by atoms with van der Waals surface area (Å²) in [5.74, 6) is 0.577. The molecule has 60 valence electrons. The van der Waals surface area contributed by atoms with E-state index in [2.05, 4.69) is 9.97 Å². The van der Waals surface area contributed by atoms with Gasteiger partial charge >= 0.3 is 0 Å². The SMILES string of the molecule is CC(C)(N)c1ncc(O)cn1. The van der Waals surface area contributed by atoms with Gasteiger partial charge in [-0.2, -0.15) is 0 Å². The van der Waals surface area contributed by atoms with Crippen molar-refractivity contribution in [1.29, 1.82) is 0 Å². The normalized spacial score (nSPS) is 11.5. The number of rotatable bonds is 1. The quantitative estimate of drug-likeness (QED) is 0.611. The van der Waals surface area contributed by atoms with Gasteiger partial charge in [0.2, 0.25) is 0 Å². The van der Waals surface area contributed by atoms with Crippen LogP contribution >= 0.6 is 0 Å². The van der Waals surface area contributed by atoms with Crippen molar-refractivity contribution in [2.45, 2.75) is 19.4 Å². The molecule has 11 heavy (non-hydrogen) atoms. The molecule has 0 spiro atoms. The van der Waals surface area contributed by atoms with Crippen molar-refractivity contribution in [1.82, 2.24) is 9.97 Å². The number of nitrogens with two attached hydrogens (primary N) is 1. The number of aromatic hydroxyl groups is 1. The summed E-state index contributed by atoms with van der Waals surface area (Å²) in [7, 11) is 0. The molecule has 0 aliphatic heterocycles. The molecule has 1 rings (SSSR count). The zero-order valence-electron chi connectivity index (χ0n) is 6.57. The molecule has 0 saturated carbocycles. The van der Waals surface area contributed by atoms with Crippen LogP contribution in [0.1, 0.15) is 19.7 Å². The predicted molar refractivity (Wildman–Crippen MR) is 40.9 cm³/mol. The van der Waals surface area contributed by atoms with Gasteiger partial charge < -0.3 is 10.8 Å². The highest BCUT2D eigenvalue weighted by molar-refractivity contribution is 5.12. The topological polar surface area (TPSA) is 72.0 Å². The Morgan fingerprint density at radius 2 is 1.82 bits per heavy atom. The van der Waals surface area contributed by atoms with Gasteiger partial charge in [-0.05, 0) is 13.8 Å². The van der Waals surface area contributed by atoms with Gasteiger partial charge in [0.25, 0.3) is 0 Å². The molecule has 0 fully saturated rings. The Kier molecular flexibility index (Phi) is 1.78. The minimum Gasteiger partial charge on any atom is -0.505 e. The van der Waals surface area contributed by atoms with E-state index in [0.29, 0.717) is 5.82 Å². The molecule has 0 amide bonds. The summed E-state index contributed by atoms with van der Waals surface area (Å²) in [5.41, 5.74) is 5.15. The highest BCUT2D eigenvalue weighted by atomic mass is 16.3. The van der Waals surface area contributed by atoms with Crippen LogP contribution < -0.4 is 5.73 Å². The fraction of sp³-hybridized carbons (Fsp3) is 0.429. The van der Waals surface area contributed by atoms with Crippen LogP contribution in [0.2, 0.25) is 0 Å². The molecule has 0 bridgehead atoms. The molecule has 1 aromatic heterocycles. The molecular formula is C7H11N3O. The van der Waals surface area contributed by atoms with Crippen molar-refractivity contribution >= 4 is 0 Å². The minimum absolute atomic E-state index is 0.0537. The lowest BCUT2D eigenvalue weighted by atomic mass is 10.1. The summed E-state index contributed by atoms with van der Waals surface area (Å²) < 4.78 is 0. The fourth-order valence-electron chi connectivity index (χ4n) is 0.654. The van der Waals surface area contributed by atoms with Crippen LogP contribution in [0, 0.1) is 0 Å². The van der Waals surface area contributed by atoms with E-state index in [-0.39, 0.29) is 5.75 Å². The maximum absolute atomic E-state index is 8.86. The van der Waals surface area contributed by atoms with E-state index in [0.717, 1.165) is 0 Å². The van der Waals surface area contributed by atoms with Crippen molar-refractivity contribution < 1.29 is 5.11 Å². The number of hydrogen-bond donors (Lipinski definition) is 2. The molecule has 0 aliphatic rings. The Morgan fingerprint density at radius 1 is 1.36 bits per heavy atom. The summed E-state index contributed by atoms with van der Waals surface area (Å²) in [5, 5.41) is 8.86. The summed E-state index contributed by atoms with van der Waals surface area (Å²) >= 11 is 0. The molecular weight excluding hydrogens is 142 g/mol. The first-order valence-corrected chi connectivity index (χ1v) is 3.30. The molecule has 4 nitrogen and oxygen atoms in total. The fourth-order valence-corrected chi connectivity index (χ4v) is 0.654. The summed E-state index contributed by atoms with van der Waals surface area (Å²) in [6.07, 6.45) is 2.66. The van der Waals surface area contributed by atoms with Gasteiger partial charge in [0.15, 0.2) is 5.75 Å². The first kappa shape index (κ1) is 7.94. The highest BCUT2D eigenvalue weighted by Gasteiger charge is 2.16. The molecule has 0 atom stereocenters. The molecule has 0 unspecified atom stereocenters. The van der Waals surface area contributed by atoms with Crippen LogP contribution in [0.3, 0.4) is 0 Å². The lowest BCUT2D eigenvalue weighted by Crippen LogP contribution is -2.30. The van der Waals surface area contributed by atoms with Gasteiger partial charge in [-0.15, -0.1) is 0 Å². The second-order valence-electron chi connectivity index (χ2n) is 2.99. The third-order valence-electron chi connectivity index (χ3n) is 1.21. The molecule has 0 radical (unpaired) electrons. The molecule has 0 aliphatic carbocycles. The van der Waals surface area contributed by atoms with Crippen LogP contribution in [0.5, 0.6) is 5.75 Å². The van der Waals surface area contributed by atoms with Crippen LogP contribution in [0.4, 0.5) is 0 Å². The number of nitrogens with zero attached hydrogens (tertiary/aromatic N) is 2. The van der Waals surface area contributed by atoms with E-state index in [4.69, 9.17) is 10.8 Å². The van der Waals surface area contributed by atoms with Gasteiger partial charge in [0.1, 0.15) is 5.82 Å². The first-order chi connectivity index (χ1) is 5.00. The number of aromatic nitrogens is 2.